The molecule has 1 aliphatic carbocycles. The van der Waals surface area contributed by atoms with Crippen LogP contribution in [0, 0.1) is 5.82 Å². The average Bonchev–Trinajstić information content (AvgIpc) is 3.09. The van der Waals surface area contributed by atoms with Crippen LogP contribution in [-0.2, 0) is 10.2 Å². The first-order valence-electron chi connectivity index (χ1n) is 9.15. The zero-order valence-corrected chi connectivity index (χ0v) is 17.0. The fraction of sp³-hybridized carbons (Fsp3) is 0.632. The number of aliphatic imine (C=N–C) groups is 1. The van der Waals surface area contributed by atoms with Gasteiger partial charge in [-0.3, -0.25) is 4.99 Å². The summed E-state index contributed by atoms with van der Waals surface area (Å²) in [6.45, 7) is 3.61. The van der Waals surface area contributed by atoms with Crippen molar-refractivity contribution in [3.8, 4) is 0 Å². The number of rotatable bonds is 5. The molecule has 25 heavy (non-hydrogen) atoms. The Hall–Kier alpha value is -0.890. The first-order valence-corrected chi connectivity index (χ1v) is 9.15. The van der Waals surface area contributed by atoms with Crippen LogP contribution in [0.2, 0.25) is 0 Å². The Kier molecular flexibility index (Phi) is 5.88. The van der Waals surface area contributed by atoms with Crippen LogP contribution < -0.4 is 10.6 Å². The molecule has 3 atom stereocenters. The molecule has 2 saturated heterocycles. The number of benzene rings is 1. The molecular weight excluding hydrogens is 432 g/mol. The van der Waals surface area contributed by atoms with Crippen LogP contribution in [0.5, 0.6) is 0 Å². The van der Waals surface area contributed by atoms with E-state index in [1.807, 2.05) is 6.07 Å². The van der Waals surface area contributed by atoms with Crippen molar-refractivity contribution in [1.82, 2.24) is 10.6 Å². The molecule has 2 N–H and O–H groups in total. The predicted molar refractivity (Wildman–Crippen MR) is 108 cm³/mol. The number of halogens is 2. The number of nitrogens with zero attached hydrogens (tertiary/aromatic N) is 1. The van der Waals surface area contributed by atoms with Crippen LogP contribution in [0.4, 0.5) is 4.39 Å². The highest BCUT2D eigenvalue weighted by molar-refractivity contribution is 14.0. The molecule has 2 heterocycles. The van der Waals surface area contributed by atoms with Crippen LogP contribution in [0.15, 0.2) is 29.3 Å². The number of nitrogens with one attached hydrogen (secondary N) is 2. The molecule has 4 nitrogen and oxygen atoms in total. The maximum absolute atomic E-state index is 13.5. The summed E-state index contributed by atoms with van der Waals surface area (Å²) in [5.41, 5.74) is 1.10. The van der Waals surface area contributed by atoms with Gasteiger partial charge >= 0.3 is 0 Å². The Morgan fingerprint density at radius 2 is 2.20 bits per heavy atom. The summed E-state index contributed by atoms with van der Waals surface area (Å²) in [5.74, 6) is 0.702. The summed E-state index contributed by atoms with van der Waals surface area (Å²) < 4.78 is 19.4. The normalized spacial score (nSPS) is 29.2. The topological polar surface area (TPSA) is 45.7 Å². The molecule has 0 amide bonds. The summed E-state index contributed by atoms with van der Waals surface area (Å²) >= 11 is 0. The molecule has 0 radical (unpaired) electrons. The van der Waals surface area contributed by atoms with Crippen molar-refractivity contribution < 1.29 is 9.13 Å². The third kappa shape index (κ3) is 4.10. The van der Waals surface area contributed by atoms with Crippen molar-refractivity contribution in [3.63, 3.8) is 0 Å². The van der Waals surface area contributed by atoms with E-state index in [9.17, 15) is 4.39 Å². The fourth-order valence-corrected chi connectivity index (χ4v) is 4.02. The van der Waals surface area contributed by atoms with Gasteiger partial charge in [0.05, 0.1) is 24.8 Å². The maximum Gasteiger partial charge on any atom is 0.191 e. The predicted octanol–water partition coefficient (Wildman–Crippen LogP) is 3.35. The summed E-state index contributed by atoms with van der Waals surface area (Å²) in [4.78, 5) is 4.82. The van der Waals surface area contributed by atoms with E-state index in [0.717, 1.165) is 43.8 Å². The molecule has 2 aliphatic heterocycles. The minimum atomic E-state index is -0.160. The molecule has 1 aromatic rings. The van der Waals surface area contributed by atoms with Crippen molar-refractivity contribution in [2.75, 3.05) is 13.1 Å². The largest absolute Gasteiger partial charge is 0.373 e. The highest BCUT2D eigenvalue weighted by atomic mass is 127. The van der Waals surface area contributed by atoms with Gasteiger partial charge in [-0.15, -0.1) is 24.0 Å². The van der Waals surface area contributed by atoms with E-state index in [0.29, 0.717) is 24.8 Å². The number of hydrogen-bond acceptors (Lipinski definition) is 2. The second-order valence-electron chi connectivity index (χ2n) is 7.35. The Bertz CT molecular complexity index is 635. The molecule has 3 unspecified atom stereocenters. The van der Waals surface area contributed by atoms with E-state index in [2.05, 4.69) is 17.6 Å². The van der Waals surface area contributed by atoms with Crippen molar-refractivity contribution in [1.29, 1.82) is 0 Å². The molecule has 3 aliphatic rings. The molecule has 0 spiro atoms. The van der Waals surface area contributed by atoms with E-state index in [4.69, 9.17) is 9.73 Å². The SMILES string of the molecule is CCNC(=NCC1(c2cccc(F)c2)CC1)NC1CC2CCC1O2.I. The smallest absolute Gasteiger partial charge is 0.191 e. The van der Waals surface area contributed by atoms with Crippen LogP contribution in [0.25, 0.3) is 0 Å². The van der Waals surface area contributed by atoms with Gasteiger partial charge in [0.25, 0.3) is 0 Å². The summed E-state index contributed by atoms with van der Waals surface area (Å²) in [6, 6.07) is 7.35. The van der Waals surface area contributed by atoms with Crippen molar-refractivity contribution in [2.24, 2.45) is 4.99 Å². The average molecular weight is 459 g/mol. The third-order valence-corrected chi connectivity index (χ3v) is 5.60. The number of guanidine groups is 1. The second-order valence-corrected chi connectivity index (χ2v) is 7.35. The highest BCUT2D eigenvalue weighted by Gasteiger charge is 2.45. The van der Waals surface area contributed by atoms with Crippen LogP contribution in [0.1, 0.15) is 44.6 Å². The van der Waals surface area contributed by atoms with E-state index in [-0.39, 0.29) is 35.2 Å². The van der Waals surface area contributed by atoms with Crippen LogP contribution in [-0.4, -0.2) is 37.3 Å². The van der Waals surface area contributed by atoms with Gasteiger partial charge in [0.1, 0.15) is 5.82 Å². The van der Waals surface area contributed by atoms with E-state index in [1.54, 1.807) is 12.1 Å². The van der Waals surface area contributed by atoms with Crippen LogP contribution in [0.3, 0.4) is 0 Å². The third-order valence-electron chi connectivity index (χ3n) is 5.60. The first kappa shape index (κ1) is 18.9. The number of ether oxygens (including phenoxy) is 1. The Morgan fingerprint density at radius 1 is 1.36 bits per heavy atom. The lowest BCUT2D eigenvalue weighted by molar-refractivity contribution is 0.0992. The minimum absolute atomic E-state index is 0. The molecule has 6 heteroatoms. The lowest BCUT2D eigenvalue weighted by Crippen LogP contribution is -2.47. The van der Waals surface area contributed by atoms with Gasteiger partial charge in [0.2, 0.25) is 0 Å². The van der Waals surface area contributed by atoms with Gasteiger partial charge in [-0.25, -0.2) is 4.39 Å². The first-order chi connectivity index (χ1) is 11.7. The maximum atomic E-state index is 13.5. The molecule has 1 aromatic carbocycles. The zero-order chi connectivity index (χ0) is 16.6. The quantitative estimate of drug-likeness (QED) is 0.404. The van der Waals surface area contributed by atoms with E-state index in [1.165, 1.54) is 12.5 Å². The van der Waals surface area contributed by atoms with Crippen LogP contribution >= 0.6 is 24.0 Å². The molecule has 138 valence electrons. The van der Waals surface area contributed by atoms with Crippen molar-refractivity contribution >= 4 is 29.9 Å². The standard InChI is InChI=1S/C19H26FN3O.HI/c1-2-21-18(23-16-11-15-6-7-17(16)24-15)22-12-19(8-9-19)13-4-3-5-14(20)10-13;/h3-5,10,15-17H,2,6-9,11-12H2,1H3,(H2,21,22,23);1H. The van der Waals surface area contributed by atoms with Gasteiger partial charge in [-0.2, -0.15) is 0 Å². The summed E-state index contributed by atoms with van der Waals surface area (Å²) in [7, 11) is 0. The number of hydrogen-bond donors (Lipinski definition) is 2. The molecular formula is C19H27FIN3O. The molecule has 2 bridgehead atoms. The van der Waals surface area contributed by atoms with Gasteiger partial charge in [0, 0.05) is 12.0 Å². The Balaban J connectivity index is 0.00000182. The van der Waals surface area contributed by atoms with E-state index < -0.39 is 0 Å². The van der Waals surface area contributed by atoms with Crippen molar-refractivity contribution in [2.45, 2.75) is 62.7 Å². The molecule has 4 rings (SSSR count). The summed E-state index contributed by atoms with van der Waals surface area (Å²) in [5, 5.41) is 6.89. The summed E-state index contributed by atoms with van der Waals surface area (Å²) in [6.07, 6.45) is 6.33. The second kappa shape index (κ2) is 7.78. The monoisotopic (exact) mass is 459 g/mol. The number of fused-ring (bicyclic) bond motifs is 2. The van der Waals surface area contributed by atoms with Gasteiger partial charge in [-0.05, 0) is 56.7 Å². The van der Waals surface area contributed by atoms with Gasteiger partial charge in [-0.1, -0.05) is 12.1 Å². The molecule has 3 fully saturated rings. The van der Waals surface area contributed by atoms with E-state index >= 15 is 0 Å². The molecule has 1 saturated carbocycles. The zero-order valence-electron chi connectivity index (χ0n) is 14.6. The highest BCUT2D eigenvalue weighted by Crippen LogP contribution is 2.48. The van der Waals surface area contributed by atoms with Gasteiger partial charge in [0.15, 0.2) is 5.96 Å². The van der Waals surface area contributed by atoms with Gasteiger partial charge < -0.3 is 15.4 Å². The lowest BCUT2D eigenvalue weighted by Gasteiger charge is -2.23. The minimum Gasteiger partial charge on any atom is -0.373 e. The fourth-order valence-electron chi connectivity index (χ4n) is 4.02. The Morgan fingerprint density at radius 3 is 2.80 bits per heavy atom. The Labute approximate surface area is 166 Å². The molecule has 0 aromatic heterocycles. The lowest BCUT2D eigenvalue weighted by atomic mass is 9.95. The van der Waals surface area contributed by atoms with Crippen molar-refractivity contribution in [3.05, 3.63) is 35.6 Å².